The number of aryl methyl sites for hydroxylation is 1. The van der Waals surface area contributed by atoms with Gasteiger partial charge in [-0.3, -0.25) is 4.79 Å². The third-order valence-electron chi connectivity index (χ3n) is 5.68. The molecule has 21 heavy (non-hydrogen) atoms. The van der Waals surface area contributed by atoms with Gasteiger partial charge in [0.05, 0.1) is 0 Å². The van der Waals surface area contributed by atoms with Gasteiger partial charge < -0.3 is 4.57 Å². The first-order chi connectivity index (χ1) is 9.91. The van der Waals surface area contributed by atoms with E-state index in [9.17, 15) is 4.79 Å². The van der Waals surface area contributed by atoms with Crippen molar-refractivity contribution in [1.29, 1.82) is 0 Å². The lowest BCUT2D eigenvalue weighted by molar-refractivity contribution is 0.0908. The quantitative estimate of drug-likeness (QED) is 0.742. The van der Waals surface area contributed by atoms with E-state index in [1.54, 1.807) is 0 Å². The summed E-state index contributed by atoms with van der Waals surface area (Å²) in [6.07, 6.45) is 8.35. The minimum atomic E-state index is 0.118. The third-order valence-corrected chi connectivity index (χ3v) is 5.68. The summed E-state index contributed by atoms with van der Waals surface area (Å²) in [5.74, 6) is 1.27. The van der Waals surface area contributed by atoms with Gasteiger partial charge in [0.15, 0.2) is 5.78 Å². The number of hydrogen-bond donors (Lipinski definition) is 0. The number of ketones is 1. The van der Waals surface area contributed by atoms with Crippen LogP contribution in [0.15, 0.2) is 6.07 Å². The summed E-state index contributed by atoms with van der Waals surface area (Å²) in [6, 6.07) is 2.77. The first-order valence-corrected chi connectivity index (χ1v) is 8.65. The van der Waals surface area contributed by atoms with Crippen LogP contribution in [-0.2, 0) is 6.42 Å². The molecule has 116 valence electrons. The second-order valence-electron chi connectivity index (χ2n) is 8.04. The molecule has 2 aliphatic rings. The molecule has 0 radical (unpaired) electrons. The lowest BCUT2D eigenvalue weighted by Crippen LogP contribution is -2.29. The number of fused-ring (bicyclic) bond motifs is 1. The van der Waals surface area contributed by atoms with E-state index in [0.29, 0.717) is 18.2 Å². The lowest BCUT2D eigenvalue weighted by atomic mass is 9.76. The number of carbonyl (C=O) groups is 1. The van der Waals surface area contributed by atoms with Crippen LogP contribution in [0.3, 0.4) is 0 Å². The van der Waals surface area contributed by atoms with Crippen LogP contribution in [0.1, 0.15) is 87.1 Å². The minimum absolute atomic E-state index is 0.118. The summed E-state index contributed by atoms with van der Waals surface area (Å²) in [7, 11) is 0. The molecule has 0 amide bonds. The molecule has 2 aliphatic carbocycles. The first-order valence-electron chi connectivity index (χ1n) is 8.65. The zero-order valence-electron chi connectivity index (χ0n) is 14.0. The van der Waals surface area contributed by atoms with E-state index in [0.717, 1.165) is 17.9 Å². The lowest BCUT2D eigenvalue weighted by Gasteiger charge is -2.35. The summed E-state index contributed by atoms with van der Waals surface area (Å²) >= 11 is 0. The van der Waals surface area contributed by atoms with Crippen LogP contribution in [0.4, 0.5) is 0 Å². The first kappa shape index (κ1) is 14.9. The van der Waals surface area contributed by atoms with Gasteiger partial charge in [0.2, 0.25) is 0 Å². The molecule has 1 fully saturated rings. The van der Waals surface area contributed by atoms with Gasteiger partial charge in [-0.15, -0.1) is 0 Å². The van der Waals surface area contributed by atoms with Crippen LogP contribution >= 0.6 is 0 Å². The number of carbonyl (C=O) groups excluding carboxylic acids is 1. The van der Waals surface area contributed by atoms with Crippen molar-refractivity contribution in [3.05, 3.63) is 23.0 Å². The maximum Gasteiger partial charge on any atom is 0.165 e. The maximum absolute atomic E-state index is 12.4. The Kier molecular flexibility index (Phi) is 3.75. The van der Waals surface area contributed by atoms with Crippen LogP contribution in [0.5, 0.6) is 0 Å². The maximum atomic E-state index is 12.4. The molecule has 0 atom stereocenters. The molecule has 3 rings (SSSR count). The predicted octanol–water partition coefficient (Wildman–Crippen LogP) is 5.09. The molecule has 1 aromatic heterocycles. The van der Waals surface area contributed by atoms with Crippen LogP contribution in [-0.4, -0.2) is 10.4 Å². The van der Waals surface area contributed by atoms with Gasteiger partial charge in [0.25, 0.3) is 0 Å². The third kappa shape index (κ3) is 2.69. The van der Waals surface area contributed by atoms with E-state index in [1.165, 1.54) is 43.5 Å². The van der Waals surface area contributed by atoms with E-state index in [2.05, 4.69) is 38.3 Å². The largest absolute Gasteiger partial charge is 0.345 e. The fourth-order valence-corrected chi connectivity index (χ4v) is 4.49. The normalized spacial score (nSPS) is 28.5. The Morgan fingerprint density at radius 3 is 2.48 bits per heavy atom. The Morgan fingerprint density at radius 2 is 1.86 bits per heavy atom. The molecule has 2 heteroatoms. The Morgan fingerprint density at radius 1 is 1.19 bits per heavy atom. The van der Waals surface area contributed by atoms with Gasteiger partial charge in [0.1, 0.15) is 0 Å². The second-order valence-corrected chi connectivity index (χ2v) is 8.04. The van der Waals surface area contributed by atoms with Gasteiger partial charge in [-0.05, 0) is 56.4 Å². The highest BCUT2D eigenvalue weighted by molar-refractivity contribution is 5.99. The van der Waals surface area contributed by atoms with Crippen LogP contribution in [0, 0.1) is 18.3 Å². The van der Waals surface area contributed by atoms with E-state index in [-0.39, 0.29) is 5.41 Å². The number of Topliss-reactive ketones (excluding diaryl/α,β-unsaturated/α-hetero) is 1. The highest BCUT2D eigenvalue weighted by Crippen LogP contribution is 2.41. The topological polar surface area (TPSA) is 22.0 Å². The van der Waals surface area contributed by atoms with Gasteiger partial charge in [-0.25, -0.2) is 0 Å². The fraction of sp³-hybridized carbons (Fsp3) is 0.737. The number of rotatable bonds is 2. The average Bonchev–Trinajstić information content (AvgIpc) is 2.74. The molecule has 0 bridgehead atoms. The van der Waals surface area contributed by atoms with Crippen molar-refractivity contribution < 1.29 is 4.79 Å². The Bertz CT molecular complexity index is 544. The SMILES string of the molecule is CCC1CCC(n2c(C)cc3c2CC(C)(C)CC3=O)CC1. The number of aromatic nitrogens is 1. The molecule has 1 aromatic rings. The molecule has 2 nitrogen and oxygen atoms in total. The van der Waals surface area contributed by atoms with E-state index in [1.807, 2.05) is 0 Å². The van der Waals surface area contributed by atoms with E-state index in [4.69, 9.17) is 0 Å². The molecular formula is C19H29NO. The molecule has 0 aliphatic heterocycles. The van der Waals surface area contributed by atoms with Gasteiger partial charge in [-0.1, -0.05) is 27.2 Å². The Labute approximate surface area is 128 Å². The van der Waals surface area contributed by atoms with Gasteiger partial charge in [0, 0.05) is 29.4 Å². The summed E-state index contributed by atoms with van der Waals surface area (Å²) in [5.41, 5.74) is 3.76. The zero-order chi connectivity index (χ0) is 15.2. The standard InChI is InChI=1S/C19H29NO/c1-5-14-6-8-15(9-7-14)20-13(2)10-16-17(20)11-19(3,4)12-18(16)21/h10,14-15H,5-9,11-12H2,1-4H3. The molecule has 0 unspecified atom stereocenters. The number of hydrogen-bond acceptors (Lipinski definition) is 1. The van der Waals surface area contributed by atoms with Crippen molar-refractivity contribution in [1.82, 2.24) is 4.57 Å². The molecule has 1 saturated carbocycles. The van der Waals surface area contributed by atoms with Crippen molar-refractivity contribution in [3.63, 3.8) is 0 Å². The molecular weight excluding hydrogens is 258 g/mol. The molecule has 0 aromatic carbocycles. The van der Waals surface area contributed by atoms with Crippen molar-refractivity contribution in [2.24, 2.45) is 11.3 Å². The fourth-order valence-electron chi connectivity index (χ4n) is 4.49. The smallest absolute Gasteiger partial charge is 0.165 e. The zero-order valence-corrected chi connectivity index (χ0v) is 14.0. The van der Waals surface area contributed by atoms with Crippen molar-refractivity contribution in [3.8, 4) is 0 Å². The van der Waals surface area contributed by atoms with Crippen molar-refractivity contribution >= 4 is 5.78 Å². The summed E-state index contributed by atoms with van der Waals surface area (Å²) < 4.78 is 2.53. The van der Waals surface area contributed by atoms with Crippen LogP contribution in [0.25, 0.3) is 0 Å². The molecule has 0 saturated heterocycles. The van der Waals surface area contributed by atoms with Crippen molar-refractivity contribution in [2.45, 2.75) is 78.7 Å². The number of nitrogens with zero attached hydrogens (tertiary/aromatic N) is 1. The van der Waals surface area contributed by atoms with Crippen molar-refractivity contribution in [2.75, 3.05) is 0 Å². The summed E-state index contributed by atoms with van der Waals surface area (Å²) in [4.78, 5) is 12.4. The second kappa shape index (κ2) is 5.30. The van der Waals surface area contributed by atoms with E-state index < -0.39 is 0 Å². The average molecular weight is 287 g/mol. The van der Waals surface area contributed by atoms with Gasteiger partial charge in [-0.2, -0.15) is 0 Å². The summed E-state index contributed by atoms with van der Waals surface area (Å²) in [5, 5.41) is 0. The molecule has 0 N–H and O–H groups in total. The van der Waals surface area contributed by atoms with Crippen LogP contribution in [0.2, 0.25) is 0 Å². The molecule has 0 spiro atoms. The van der Waals surface area contributed by atoms with Crippen LogP contribution < -0.4 is 0 Å². The Balaban J connectivity index is 1.92. The van der Waals surface area contributed by atoms with E-state index >= 15 is 0 Å². The molecule has 1 heterocycles. The van der Waals surface area contributed by atoms with Gasteiger partial charge >= 0.3 is 0 Å². The summed E-state index contributed by atoms with van der Waals surface area (Å²) in [6.45, 7) is 8.96. The monoisotopic (exact) mass is 287 g/mol. The minimum Gasteiger partial charge on any atom is -0.345 e. The predicted molar refractivity (Wildman–Crippen MR) is 86.9 cm³/mol. The highest BCUT2D eigenvalue weighted by Gasteiger charge is 2.35. The highest BCUT2D eigenvalue weighted by atomic mass is 16.1. The Hall–Kier alpha value is -1.05.